The minimum Gasteiger partial charge on any atom is -0.462 e. The Hall–Kier alpha value is -4.19. The minimum absolute atomic E-state index is 0.121. The van der Waals surface area contributed by atoms with Crippen molar-refractivity contribution >= 4 is 17.9 Å². The lowest BCUT2D eigenvalue weighted by Crippen LogP contribution is -2.30. The van der Waals surface area contributed by atoms with Gasteiger partial charge in [-0.15, -0.1) is 0 Å². The van der Waals surface area contributed by atoms with E-state index in [0.29, 0.717) is 19.3 Å². The molecule has 1 unspecified atom stereocenters. The molecule has 0 heterocycles. The maximum Gasteiger partial charge on any atom is 0.306 e. The summed E-state index contributed by atoms with van der Waals surface area (Å²) in [6.45, 7) is 6.27. The molecule has 0 saturated carbocycles. The molecule has 0 saturated heterocycles. The van der Waals surface area contributed by atoms with Gasteiger partial charge >= 0.3 is 17.9 Å². The third-order valence-electron chi connectivity index (χ3n) is 9.99. The maximum atomic E-state index is 12.8. The lowest BCUT2D eigenvalue weighted by Gasteiger charge is -2.18. The van der Waals surface area contributed by atoms with Crippen molar-refractivity contribution in [2.45, 2.75) is 207 Å². The van der Waals surface area contributed by atoms with Crippen LogP contribution < -0.4 is 0 Å². The van der Waals surface area contributed by atoms with E-state index >= 15 is 0 Å². The Morgan fingerprint density at radius 3 is 1.17 bits per heavy atom. The number of carbonyl (C=O) groups is 3. The van der Waals surface area contributed by atoms with Crippen LogP contribution in [-0.4, -0.2) is 37.2 Å². The maximum absolute atomic E-state index is 12.8. The molecule has 0 fully saturated rings. The number of hydrogen-bond acceptors (Lipinski definition) is 6. The van der Waals surface area contributed by atoms with E-state index < -0.39 is 6.10 Å². The van der Waals surface area contributed by atoms with Crippen LogP contribution in [0, 0.1) is 0 Å². The fourth-order valence-corrected chi connectivity index (χ4v) is 6.28. The molecule has 0 bridgehead atoms. The molecule has 354 valence electrons. The van der Waals surface area contributed by atoms with Crippen LogP contribution >= 0.6 is 0 Å². The molecule has 0 aromatic carbocycles. The molecule has 6 nitrogen and oxygen atoms in total. The van der Waals surface area contributed by atoms with Gasteiger partial charge in [-0.1, -0.05) is 194 Å². The molecule has 0 aliphatic heterocycles. The van der Waals surface area contributed by atoms with Gasteiger partial charge in [-0.2, -0.15) is 0 Å². The van der Waals surface area contributed by atoms with Gasteiger partial charge in [0.25, 0.3) is 0 Å². The van der Waals surface area contributed by atoms with Crippen molar-refractivity contribution in [3.8, 4) is 0 Å². The molecule has 0 spiro atoms. The highest BCUT2D eigenvalue weighted by atomic mass is 16.6. The summed E-state index contributed by atoms with van der Waals surface area (Å²) >= 11 is 0. The van der Waals surface area contributed by atoms with Crippen LogP contribution in [-0.2, 0) is 28.6 Å². The molecule has 0 aliphatic rings. The zero-order valence-electron chi connectivity index (χ0n) is 40.3. The van der Waals surface area contributed by atoms with Gasteiger partial charge < -0.3 is 14.2 Å². The summed E-state index contributed by atoms with van der Waals surface area (Å²) in [5.74, 6) is -1.04. The second-order valence-electron chi connectivity index (χ2n) is 16.0. The van der Waals surface area contributed by atoms with Gasteiger partial charge in [0.15, 0.2) is 6.10 Å². The van der Waals surface area contributed by atoms with Gasteiger partial charge in [0, 0.05) is 19.3 Å². The Balaban J connectivity index is 4.54. The summed E-state index contributed by atoms with van der Waals surface area (Å²) in [5.41, 5.74) is 0. The highest BCUT2D eigenvalue weighted by Gasteiger charge is 2.19. The van der Waals surface area contributed by atoms with Gasteiger partial charge in [0.05, 0.1) is 0 Å². The van der Waals surface area contributed by atoms with Crippen molar-refractivity contribution < 1.29 is 28.6 Å². The molecule has 0 aromatic rings. The predicted octanol–water partition coefficient (Wildman–Crippen LogP) is 16.5. The lowest BCUT2D eigenvalue weighted by molar-refractivity contribution is -0.167. The number of allylic oxidation sites excluding steroid dienone is 20. The van der Waals surface area contributed by atoms with E-state index in [9.17, 15) is 14.4 Å². The average molecular weight is 871 g/mol. The second-order valence-corrected chi connectivity index (χ2v) is 16.0. The van der Waals surface area contributed by atoms with Crippen molar-refractivity contribution in [3.63, 3.8) is 0 Å². The Morgan fingerprint density at radius 2 is 0.698 bits per heavy atom. The molecule has 0 N–H and O–H groups in total. The SMILES string of the molecule is CC/C=C\C/C=C\C/C=C\C/C=C\CCCCCC(=O)OC(COC(=O)CCC/C=C\C/C=C\C/C=C\CC)COC(=O)CCCCCCC\C=C/C=C\C=C/CCCCCCC. The molecule has 0 aromatic heterocycles. The van der Waals surface area contributed by atoms with Crippen LogP contribution in [0.15, 0.2) is 122 Å². The van der Waals surface area contributed by atoms with Crippen LogP contribution in [0.1, 0.15) is 201 Å². The largest absolute Gasteiger partial charge is 0.462 e. The quantitative estimate of drug-likeness (QED) is 0.0200. The summed E-state index contributed by atoms with van der Waals surface area (Å²) < 4.78 is 16.7. The first-order chi connectivity index (χ1) is 31.0. The van der Waals surface area contributed by atoms with Crippen molar-refractivity contribution in [2.24, 2.45) is 0 Å². The third kappa shape index (κ3) is 48.7. The van der Waals surface area contributed by atoms with Gasteiger partial charge in [-0.25, -0.2) is 0 Å². The van der Waals surface area contributed by atoms with Crippen molar-refractivity contribution in [1.82, 2.24) is 0 Å². The summed E-state index contributed by atoms with van der Waals surface area (Å²) in [4.78, 5) is 37.9. The van der Waals surface area contributed by atoms with E-state index in [1.807, 2.05) is 0 Å². The Kier molecular flexibility index (Phi) is 47.1. The third-order valence-corrected chi connectivity index (χ3v) is 9.99. The Bertz CT molecular complexity index is 1370. The summed E-state index contributed by atoms with van der Waals surface area (Å²) in [5, 5.41) is 0. The summed E-state index contributed by atoms with van der Waals surface area (Å²) in [7, 11) is 0. The van der Waals surface area contributed by atoms with E-state index in [1.54, 1.807) is 0 Å². The van der Waals surface area contributed by atoms with E-state index in [-0.39, 0.29) is 44.0 Å². The number of rotatable bonds is 43. The normalized spacial score (nSPS) is 13.1. The predicted molar refractivity (Wildman–Crippen MR) is 269 cm³/mol. The fraction of sp³-hybridized carbons (Fsp3) is 0.596. The second kappa shape index (κ2) is 50.5. The average Bonchev–Trinajstić information content (AvgIpc) is 3.28. The standard InChI is InChI=1S/C57H90O6/c1-4-7-10-13-16-19-22-24-26-28-29-31-32-35-38-41-44-47-50-56(59)62-53-54(52-61-55(58)49-46-43-40-37-34-21-18-15-12-9-6-3)63-57(60)51-48-45-42-39-36-33-30-27-25-23-20-17-14-11-8-5-2/h8-9,11-12,17-18,20-22,24-29,31,33,36-37,40,54H,4-7,10,13-16,19,23,30,32,34-35,38-39,41-53H2,1-3H3/b11-8-,12-9-,20-17-,21-18-,24-22-,27-25-,28-26-,31-29-,36-33-,40-37-. The topological polar surface area (TPSA) is 78.9 Å². The van der Waals surface area contributed by atoms with Gasteiger partial charge in [-0.3, -0.25) is 14.4 Å². The fourth-order valence-electron chi connectivity index (χ4n) is 6.28. The van der Waals surface area contributed by atoms with Crippen molar-refractivity contribution in [2.75, 3.05) is 13.2 Å². The molecule has 0 aliphatic carbocycles. The van der Waals surface area contributed by atoms with Crippen LogP contribution in [0.3, 0.4) is 0 Å². The molecular weight excluding hydrogens is 781 g/mol. The van der Waals surface area contributed by atoms with Crippen molar-refractivity contribution in [1.29, 1.82) is 0 Å². The molecule has 1 atom stereocenters. The Morgan fingerprint density at radius 1 is 0.349 bits per heavy atom. The smallest absolute Gasteiger partial charge is 0.306 e. The van der Waals surface area contributed by atoms with Crippen LogP contribution in [0.25, 0.3) is 0 Å². The Labute approximate surface area is 386 Å². The monoisotopic (exact) mass is 871 g/mol. The molecule has 0 rings (SSSR count). The molecule has 63 heavy (non-hydrogen) atoms. The van der Waals surface area contributed by atoms with Crippen LogP contribution in [0.5, 0.6) is 0 Å². The minimum atomic E-state index is -0.826. The van der Waals surface area contributed by atoms with E-state index in [1.165, 1.54) is 32.1 Å². The van der Waals surface area contributed by atoms with Crippen LogP contribution in [0.4, 0.5) is 0 Å². The van der Waals surface area contributed by atoms with Gasteiger partial charge in [-0.05, 0) is 109 Å². The number of carbonyl (C=O) groups excluding carboxylic acids is 3. The first kappa shape index (κ1) is 58.8. The first-order valence-corrected chi connectivity index (χ1v) is 25.1. The summed E-state index contributed by atoms with van der Waals surface area (Å²) in [6, 6.07) is 0. The number of ether oxygens (including phenoxy) is 3. The van der Waals surface area contributed by atoms with Crippen molar-refractivity contribution in [3.05, 3.63) is 122 Å². The molecule has 0 radical (unpaired) electrons. The first-order valence-electron chi connectivity index (χ1n) is 25.1. The van der Waals surface area contributed by atoms with Gasteiger partial charge in [0.2, 0.25) is 0 Å². The zero-order chi connectivity index (χ0) is 45.8. The summed E-state index contributed by atoms with van der Waals surface area (Å²) in [6.07, 6.45) is 69.0. The number of unbranched alkanes of at least 4 members (excludes halogenated alkanes) is 14. The molecular formula is C57H90O6. The van der Waals surface area contributed by atoms with E-state index in [2.05, 4.69) is 142 Å². The van der Waals surface area contributed by atoms with E-state index in [0.717, 1.165) is 116 Å². The lowest BCUT2D eigenvalue weighted by atomic mass is 10.1. The van der Waals surface area contributed by atoms with Gasteiger partial charge in [0.1, 0.15) is 13.2 Å². The van der Waals surface area contributed by atoms with Crippen LogP contribution in [0.2, 0.25) is 0 Å². The van der Waals surface area contributed by atoms with E-state index in [4.69, 9.17) is 14.2 Å². The number of hydrogen-bond donors (Lipinski definition) is 0. The highest BCUT2D eigenvalue weighted by Crippen LogP contribution is 2.11. The number of esters is 3. The molecule has 6 heteroatoms. The highest BCUT2D eigenvalue weighted by molar-refractivity contribution is 5.71. The molecule has 0 amide bonds. The zero-order valence-corrected chi connectivity index (χ0v) is 40.3.